The maximum absolute atomic E-state index is 7.54. The Morgan fingerprint density at radius 3 is 1.43 bits per heavy atom. The Bertz CT molecular complexity index is 1100. The molecule has 8 nitrogen and oxygen atoms in total. The van der Waals surface area contributed by atoms with Crippen LogP contribution in [0.25, 0.3) is 34.4 Å². The molecular formula is C20H16N6O2. The van der Waals surface area contributed by atoms with E-state index < -0.39 is 0 Å². The van der Waals surface area contributed by atoms with Crippen LogP contribution in [0.5, 0.6) is 0 Å². The van der Waals surface area contributed by atoms with Gasteiger partial charge in [0.2, 0.25) is 0 Å². The molecule has 6 N–H and O–H groups in total. The quantitative estimate of drug-likeness (QED) is 0.312. The number of nitrogens with zero attached hydrogens (tertiary/aromatic N) is 2. The van der Waals surface area contributed by atoms with Crippen LogP contribution in [0.1, 0.15) is 11.1 Å². The molecule has 0 fully saturated rings. The minimum absolute atomic E-state index is 0.0357. The Morgan fingerprint density at radius 2 is 1.04 bits per heavy atom. The monoisotopic (exact) mass is 372 g/mol. The van der Waals surface area contributed by atoms with E-state index in [1.807, 2.05) is 0 Å². The number of amidine groups is 2. The van der Waals surface area contributed by atoms with Crippen LogP contribution in [0.15, 0.2) is 69.8 Å². The van der Waals surface area contributed by atoms with Crippen molar-refractivity contribution >= 4 is 11.7 Å². The third kappa shape index (κ3) is 3.26. The third-order valence-electron chi connectivity index (χ3n) is 4.10. The van der Waals surface area contributed by atoms with E-state index in [1.54, 1.807) is 60.9 Å². The summed E-state index contributed by atoms with van der Waals surface area (Å²) in [5.74, 6) is 2.05. The number of hydrogen-bond acceptors (Lipinski definition) is 6. The van der Waals surface area contributed by atoms with Gasteiger partial charge in [-0.05, 0) is 48.5 Å². The number of nitrogens with two attached hydrogens (primary N) is 2. The number of rotatable bonds is 5. The number of aromatic nitrogens is 2. The predicted molar refractivity (Wildman–Crippen MR) is 105 cm³/mol. The summed E-state index contributed by atoms with van der Waals surface area (Å²) < 4.78 is 11.7. The largest absolute Gasteiger partial charge is 0.451 e. The molecule has 8 heteroatoms. The zero-order chi connectivity index (χ0) is 19.7. The maximum atomic E-state index is 7.54. The van der Waals surface area contributed by atoms with Crippen molar-refractivity contribution in [2.24, 2.45) is 11.5 Å². The van der Waals surface area contributed by atoms with E-state index in [2.05, 4.69) is 9.97 Å². The van der Waals surface area contributed by atoms with Gasteiger partial charge in [0.1, 0.15) is 23.1 Å². The highest BCUT2D eigenvalue weighted by molar-refractivity contribution is 5.96. The number of nitrogen functional groups attached to an aromatic ring is 2. The van der Waals surface area contributed by atoms with Crippen LogP contribution in [0, 0.1) is 10.8 Å². The summed E-state index contributed by atoms with van der Waals surface area (Å²) in [5.41, 5.74) is 13.3. The zero-order valence-electron chi connectivity index (χ0n) is 14.6. The Kier molecular flexibility index (Phi) is 4.21. The van der Waals surface area contributed by atoms with Gasteiger partial charge in [0.05, 0.1) is 0 Å². The second kappa shape index (κ2) is 6.84. The molecule has 0 spiro atoms. The molecular weight excluding hydrogens is 356 g/mol. The van der Waals surface area contributed by atoms with Crippen LogP contribution in [0.2, 0.25) is 0 Å². The summed E-state index contributed by atoms with van der Waals surface area (Å²) in [4.78, 5) is 8.52. The van der Waals surface area contributed by atoms with Crippen molar-refractivity contribution in [3.8, 4) is 34.4 Å². The van der Waals surface area contributed by atoms with Gasteiger partial charge in [-0.1, -0.05) is 0 Å². The normalized spacial score (nSPS) is 10.7. The first-order valence-corrected chi connectivity index (χ1v) is 8.33. The fraction of sp³-hybridized carbons (Fsp3) is 0. The molecule has 0 aliphatic heterocycles. The summed E-state index contributed by atoms with van der Waals surface area (Å²) in [6.07, 6.45) is 3.15. The summed E-state index contributed by atoms with van der Waals surface area (Å²) in [6.45, 7) is 0. The van der Waals surface area contributed by atoms with Gasteiger partial charge < -0.3 is 20.3 Å². The summed E-state index contributed by atoms with van der Waals surface area (Å²) in [5, 5.41) is 15.1. The Balaban J connectivity index is 1.64. The van der Waals surface area contributed by atoms with E-state index in [4.69, 9.17) is 31.1 Å². The molecule has 0 aliphatic rings. The van der Waals surface area contributed by atoms with E-state index in [9.17, 15) is 0 Å². The van der Waals surface area contributed by atoms with Gasteiger partial charge in [-0.2, -0.15) is 0 Å². The van der Waals surface area contributed by atoms with Crippen LogP contribution in [-0.4, -0.2) is 21.6 Å². The van der Waals surface area contributed by atoms with Gasteiger partial charge in [-0.25, -0.2) is 0 Å². The lowest BCUT2D eigenvalue weighted by Gasteiger charge is -2.01. The molecule has 138 valence electrons. The Morgan fingerprint density at radius 1 is 0.643 bits per heavy atom. The minimum Gasteiger partial charge on any atom is -0.451 e. The molecule has 0 radical (unpaired) electrons. The highest BCUT2D eigenvalue weighted by Gasteiger charge is 2.14. The first kappa shape index (κ1) is 17.2. The minimum atomic E-state index is -0.0357. The number of hydrogen-bond donors (Lipinski definition) is 4. The van der Waals surface area contributed by atoms with Crippen molar-refractivity contribution in [3.63, 3.8) is 0 Å². The van der Waals surface area contributed by atoms with Gasteiger partial charge in [0.25, 0.3) is 0 Å². The lowest BCUT2D eigenvalue weighted by Crippen LogP contribution is -2.11. The van der Waals surface area contributed by atoms with Crippen molar-refractivity contribution in [3.05, 3.63) is 72.1 Å². The summed E-state index contributed by atoms with van der Waals surface area (Å²) in [6, 6.07) is 13.8. The van der Waals surface area contributed by atoms with E-state index in [0.29, 0.717) is 45.6 Å². The fourth-order valence-corrected chi connectivity index (χ4v) is 2.68. The van der Waals surface area contributed by atoms with E-state index in [0.717, 1.165) is 0 Å². The van der Waals surface area contributed by atoms with E-state index in [-0.39, 0.29) is 11.7 Å². The summed E-state index contributed by atoms with van der Waals surface area (Å²) in [7, 11) is 0. The molecule has 0 bridgehead atoms. The van der Waals surface area contributed by atoms with Gasteiger partial charge in [-0.15, -0.1) is 0 Å². The van der Waals surface area contributed by atoms with E-state index in [1.165, 1.54) is 0 Å². The highest BCUT2D eigenvalue weighted by atomic mass is 16.4. The maximum Gasteiger partial charge on any atom is 0.170 e. The molecule has 0 amide bonds. The molecule has 0 unspecified atom stereocenters. The third-order valence-corrected chi connectivity index (χ3v) is 4.10. The second-order valence-corrected chi connectivity index (χ2v) is 6.01. The molecule has 4 aromatic heterocycles. The number of nitrogens with one attached hydrogen (secondary N) is 2. The lowest BCUT2D eigenvalue weighted by molar-refractivity contribution is 0.537. The molecule has 0 atom stereocenters. The Hall–Kier alpha value is -4.20. The van der Waals surface area contributed by atoms with Crippen molar-refractivity contribution in [2.45, 2.75) is 0 Å². The summed E-state index contributed by atoms with van der Waals surface area (Å²) >= 11 is 0. The topological polar surface area (TPSA) is 152 Å². The van der Waals surface area contributed by atoms with Crippen LogP contribution < -0.4 is 11.5 Å². The smallest absolute Gasteiger partial charge is 0.170 e. The number of pyridine rings is 2. The van der Waals surface area contributed by atoms with Gasteiger partial charge in [0, 0.05) is 23.5 Å². The lowest BCUT2D eigenvalue weighted by atomic mass is 10.2. The molecule has 0 saturated heterocycles. The fourth-order valence-electron chi connectivity index (χ4n) is 2.68. The standard InChI is InChI=1S/C20H16N6O2/c21-19(22)11-5-7-25-13(9-11)15-1-3-17(27-15)18-4-2-16(28-18)14-10-12(20(23)24)6-8-26-14/h1-10H,(H3,21,22)(H3,23,24). The molecule has 0 saturated carbocycles. The average Bonchev–Trinajstić information content (AvgIpc) is 3.38. The molecule has 28 heavy (non-hydrogen) atoms. The van der Waals surface area contributed by atoms with Crippen LogP contribution >= 0.6 is 0 Å². The predicted octanol–water partition coefficient (Wildman–Crippen LogP) is 3.23. The van der Waals surface area contributed by atoms with Gasteiger partial charge >= 0.3 is 0 Å². The molecule has 0 aromatic carbocycles. The zero-order valence-corrected chi connectivity index (χ0v) is 14.6. The van der Waals surface area contributed by atoms with Gasteiger partial charge in [0.15, 0.2) is 23.0 Å². The Labute approximate surface area is 159 Å². The molecule has 4 heterocycles. The van der Waals surface area contributed by atoms with Crippen molar-refractivity contribution in [1.29, 1.82) is 10.8 Å². The molecule has 4 aromatic rings. The van der Waals surface area contributed by atoms with Crippen LogP contribution in [0.3, 0.4) is 0 Å². The van der Waals surface area contributed by atoms with Crippen LogP contribution in [0.4, 0.5) is 0 Å². The second-order valence-electron chi connectivity index (χ2n) is 6.01. The SMILES string of the molecule is N=C(N)c1ccnc(-c2ccc(-c3ccc(-c4cc(C(=N)N)ccn4)o3)o2)c1. The number of furan rings is 2. The van der Waals surface area contributed by atoms with Crippen LogP contribution in [-0.2, 0) is 0 Å². The molecule has 0 aliphatic carbocycles. The van der Waals surface area contributed by atoms with Crippen molar-refractivity contribution < 1.29 is 8.83 Å². The molecule has 4 rings (SSSR count). The first-order chi connectivity index (χ1) is 13.5. The first-order valence-electron chi connectivity index (χ1n) is 8.33. The van der Waals surface area contributed by atoms with Gasteiger partial charge in [-0.3, -0.25) is 20.8 Å². The van der Waals surface area contributed by atoms with Crippen molar-refractivity contribution in [2.75, 3.05) is 0 Å². The highest BCUT2D eigenvalue weighted by Crippen LogP contribution is 2.31. The van der Waals surface area contributed by atoms with E-state index >= 15 is 0 Å². The van der Waals surface area contributed by atoms with Crippen molar-refractivity contribution in [1.82, 2.24) is 9.97 Å². The average molecular weight is 372 g/mol.